The van der Waals surface area contributed by atoms with Crippen LogP contribution in [0.1, 0.15) is 32.3 Å². The van der Waals surface area contributed by atoms with Crippen molar-refractivity contribution < 1.29 is 15.3 Å². The quantitative estimate of drug-likeness (QED) is 0.335. The molecule has 0 aromatic heterocycles. The minimum absolute atomic E-state index is 0.290. The molecule has 7 heteroatoms. The molecule has 1 atom stereocenters. The van der Waals surface area contributed by atoms with E-state index in [1.54, 1.807) is 24.3 Å². The van der Waals surface area contributed by atoms with Crippen LogP contribution in [0.4, 0.5) is 11.4 Å². The highest BCUT2D eigenvalue weighted by molar-refractivity contribution is 14.1. The number of nitrogen functional groups attached to an aromatic ring is 1. The number of benzene rings is 2. The first kappa shape index (κ1) is 16.4. The summed E-state index contributed by atoms with van der Waals surface area (Å²) in [6.07, 6.45) is 0. The molecule has 2 aromatic rings. The van der Waals surface area contributed by atoms with Crippen LogP contribution in [0.15, 0.2) is 36.4 Å². The number of quaternary nitrogens is 1. The van der Waals surface area contributed by atoms with Crippen LogP contribution >= 0.6 is 22.6 Å². The molecule has 2 rings (SSSR count). The van der Waals surface area contributed by atoms with Crippen LogP contribution in [0.3, 0.4) is 0 Å². The van der Waals surface area contributed by atoms with Gasteiger partial charge in [0.25, 0.3) is 0 Å². The number of ketones is 1. The van der Waals surface area contributed by atoms with Crippen LogP contribution in [-0.2, 0) is 0 Å². The molecular weight excluding hydrogens is 395 g/mol. The van der Waals surface area contributed by atoms with Gasteiger partial charge in [0.1, 0.15) is 5.69 Å². The van der Waals surface area contributed by atoms with Crippen molar-refractivity contribution in [3.05, 3.63) is 56.7 Å². The topological polar surface area (TPSA) is 140 Å². The third-order valence-corrected chi connectivity index (χ3v) is 4.33. The molecule has 1 unspecified atom stereocenters. The summed E-state index contributed by atoms with van der Waals surface area (Å²) >= 11 is 2.09. The molecule has 0 saturated carbocycles. The van der Waals surface area contributed by atoms with Crippen LogP contribution in [0, 0.1) is 3.57 Å². The van der Waals surface area contributed by atoms with E-state index in [1.807, 2.05) is 0 Å². The summed E-state index contributed by atoms with van der Waals surface area (Å²) in [4.78, 5) is 23.6. The first-order valence-corrected chi connectivity index (χ1v) is 7.49. The van der Waals surface area contributed by atoms with Gasteiger partial charge >= 0.3 is 0 Å². The Hall–Kier alpha value is -1.97. The number of amides is 1. The molecule has 6 nitrogen and oxygen atoms in total. The maximum Gasteiger partial charge on any atom is 0.248 e. The van der Waals surface area contributed by atoms with Crippen molar-refractivity contribution in [1.29, 1.82) is 0 Å². The molecule has 0 fully saturated rings. The SMILES string of the molecule is NC(=O)c1ccc(C(N)C(=O)c2cc(I)c([NH3+])cc2N)cc1. The maximum atomic E-state index is 12.5. The summed E-state index contributed by atoms with van der Waals surface area (Å²) in [5.41, 5.74) is 23.3. The van der Waals surface area contributed by atoms with Crippen LogP contribution < -0.4 is 22.9 Å². The van der Waals surface area contributed by atoms with E-state index in [0.717, 1.165) is 9.26 Å². The maximum absolute atomic E-state index is 12.5. The van der Waals surface area contributed by atoms with Crippen LogP contribution in [0.2, 0.25) is 0 Å². The average molecular weight is 411 g/mol. The minimum atomic E-state index is -0.865. The highest BCUT2D eigenvalue weighted by Crippen LogP contribution is 2.25. The Morgan fingerprint density at radius 2 is 1.73 bits per heavy atom. The number of hydrogen-bond donors (Lipinski definition) is 4. The van der Waals surface area contributed by atoms with E-state index in [-0.39, 0.29) is 5.78 Å². The molecule has 0 saturated heterocycles. The Morgan fingerprint density at radius 1 is 1.14 bits per heavy atom. The summed E-state index contributed by atoms with van der Waals surface area (Å²) in [7, 11) is 0. The van der Waals surface area contributed by atoms with Gasteiger partial charge in [-0.15, -0.1) is 0 Å². The lowest BCUT2D eigenvalue weighted by molar-refractivity contribution is -0.255. The third-order valence-electron chi connectivity index (χ3n) is 3.32. The fourth-order valence-corrected chi connectivity index (χ4v) is 2.49. The Balaban J connectivity index is 2.33. The van der Waals surface area contributed by atoms with Crippen LogP contribution in [0.25, 0.3) is 0 Å². The first-order valence-electron chi connectivity index (χ1n) is 6.41. The zero-order chi connectivity index (χ0) is 16.4. The molecule has 114 valence electrons. The van der Waals surface area contributed by atoms with E-state index < -0.39 is 11.9 Å². The molecule has 2 aromatic carbocycles. The number of nitrogens with two attached hydrogens (primary N) is 3. The summed E-state index contributed by atoms with van der Waals surface area (Å²) < 4.78 is 0.839. The van der Waals surface area contributed by atoms with Gasteiger partial charge in [0.15, 0.2) is 5.78 Å². The molecule has 0 aliphatic rings. The van der Waals surface area contributed by atoms with Crippen molar-refractivity contribution in [2.75, 3.05) is 5.73 Å². The number of anilines is 1. The summed E-state index contributed by atoms with van der Waals surface area (Å²) in [6.45, 7) is 0. The number of Topliss-reactive ketones (excluding diaryl/α,β-unsaturated/α-hetero) is 1. The van der Waals surface area contributed by atoms with E-state index in [2.05, 4.69) is 28.3 Å². The Kier molecular flexibility index (Phi) is 4.79. The molecule has 0 radical (unpaired) electrons. The zero-order valence-electron chi connectivity index (χ0n) is 11.7. The van der Waals surface area contributed by atoms with Gasteiger partial charge in [-0.2, -0.15) is 0 Å². The van der Waals surface area contributed by atoms with E-state index in [4.69, 9.17) is 17.2 Å². The van der Waals surface area contributed by atoms with Crippen LogP contribution in [-0.4, -0.2) is 11.7 Å². The van der Waals surface area contributed by atoms with E-state index in [9.17, 15) is 9.59 Å². The average Bonchev–Trinajstić information content (AvgIpc) is 2.49. The number of carbonyl (C=O) groups is 2. The predicted molar refractivity (Wildman–Crippen MR) is 92.3 cm³/mol. The van der Waals surface area contributed by atoms with E-state index in [0.29, 0.717) is 22.4 Å². The van der Waals surface area contributed by atoms with Crippen molar-refractivity contribution in [2.45, 2.75) is 6.04 Å². The van der Waals surface area contributed by atoms with Crippen molar-refractivity contribution in [3.8, 4) is 0 Å². The second-order valence-corrected chi connectivity index (χ2v) is 6.02. The zero-order valence-corrected chi connectivity index (χ0v) is 13.8. The van der Waals surface area contributed by atoms with Gasteiger partial charge in [-0.05, 0) is 46.4 Å². The lowest BCUT2D eigenvalue weighted by atomic mass is 9.96. The number of halogens is 1. The Morgan fingerprint density at radius 3 is 2.27 bits per heavy atom. The third kappa shape index (κ3) is 3.26. The van der Waals surface area contributed by atoms with Crippen molar-refractivity contribution in [1.82, 2.24) is 0 Å². The minimum Gasteiger partial charge on any atom is -0.398 e. The van der Waals surface area contributed by atoms with Gasteiger partial charge < -0.3 is 22.9 Å². The molecule has 22 heavy (non-hydrogen) atoms. The molecule has 0 spiro atoms. The summed E-state index contributed by atoms with van der Waals surface area (Å²) in [6, 6.07) is 8.76. The normalized spacial score (nSPS) is 12.0. The molecule has 0 bridgehead atoms. The fraction of sp³-hybridized carbons (Fsp3) is 0.0667. The second-order valence-electron chi connectivity index (χ2n) is 4.86. The van der Waals surface area contributed by atoms with Crippen LogP contribution in [0.5, 0.6) is 0 Å². The predicted octanol–water partition coefficient (Wildman–Crippen LogP) is 0.728. The van der Waals surface area contributed by atoms with Gasteiger partial charge in [0, 0.05) is 22.9 Å². The molecule has 1 amide bonds. The largest absolute Gasteiger partial charge is 0.398 e. The summed E-state index contributed by atoms with van der Waals surface area (Å²) in [5.74, 6) is -0.821. The smallest absolute Gasteiger partial charge is 0.248 e. The fourth-order valence-electron chi connectivity index (χ4n) is 2.02. The van der Waals surface area contributed by atoms with Gasteiger partial charge in [0.05, 0.1) is 9.61 Å². The number of rotatable bonds is 4. The van der Waals surface area contributed by atoms with Gasteiger partial charge in [0.2, 0.25) is 5.91 Å². The first-order chi connectivity index (χ1) is 10.3. The molecule has 0 aliphatic heterocycles. The Bertz CT molecular complexity index is 744. The number of primary amides is 1. The van der Waals surface area contributed by atoms with E-state index >= 15 is 0 Å². The Labute approximate surface area is 141 Å². The monoisotopic (exact) mass is 411 g/mol. The highest BCUT2D eigenvalue weighted by atomic mass is 127. The van der Waals surface area contributed by atoms with Gasteiger partial charge in [-0.3, -0.25) is 9.59 Å². The van der Waals surface area contributed by atoms with Gasteiger partial charge in [-0.1, -0.05) is 12.1 Å². The summed E-state index contributed by atoms with van der Waals surface area (Å²) in [5, 5.41) is 0. The van der Waals surface area contributed by atoms with Crippen molar-refractivity contribution >= 4 is 45.7 Å². The van der Waals surface area contributed by atoms with Crippen molar-refractivity contribution in [3.63, 3.8) is 0 Å². The molecule has 0 heterocycles. The molecular formula is C15H16IN4O2+. The van der Waals surface area contributed by atoms with Gasteiger partial charge in [-0.25, -0.2) is 0 Å². The lowest BCUT2D eigenvalue weighted by Crippen LogP contribution is -2.41. The number of hydrogen-bond acceptors (Lipinski definition) is 4. The second kappa shape index (κ2) is 6.42. The standard InChI is InChI=1S/C15H15IN4O2/c16-10-5-9(11(17)6-12(10)18)14(21)13(19)7-1-3-8(4-2-7)15(20)22/h1-6,13H,17-19H2,(H2,20,22)/p+1. The number of carbonyl (C=O) groups excluding carboxylic acids is 2. The molecule has 9 N–H and O–H groups in total. The lowest BCUT2D eigenvalue weighted by Gasteiger charge is -2.13. The van der Waals surface area contributed by atoms with Crippen molar-refractivity contribution in [2.24, 2.45) is 11.5 Å². The van der Waals surface area contributed by atoms with E-state index in [1.165, 1.54) is 12.1 Å². The highest BCUT2D eigenvalue weighted by Gasteiger charge is 2.21. The molecule has 0 aliphatic carbocycles.